The Labute approximate surface area is 97.8 Å². The normalized spacial score (nSPS) is 30.2. The lowest BCUT2D eigenvalue weighted by Crippen LogP contribution is -2.52. The molecule has 1 saturated carbocycles. The highest BCUT2D eigenvalue weighted by Gasteiger charge is 2.31. The van der Waals surface area contributed by atoms with E-state index in [1.165, 1.54) is 0 Å². The average Bonchev–Trinajstić information content (AvgIpc) is 3.11. The van der Waals surface area contributed by atoms with Gasteiger partial charge in [-0.1, -0.05) is 13.3 Å². The van der Waals surface area contributed by atoms with Gasteiger partial charge >= 0.3 is 6.03 Å². The minimum atomic E-state index is 0.149. The summed E-state index contributed by atoms with van der Waals surface area (Å²) in [5.74, 6) is 0.601. The molecule has 2 fully saturated rings. The summed E-state index contributed by atoms with van der Waals surface area (Å²) < 4.78 is 0. The number of nitrogens with zero attached hydrogens (tertiary/aromatic N) is 1. The molecule has 2 N–H and O–H groups in total. The largest absolute Gasteiger partial charge is 0.335 e. The van der Waals surface area contributed by atoms with Crippen molar-refractivity contribution in [1.29, 1.82) is 0 Å². The molecule has 1 saturated heterocycles. The number of rotatable bonds is 3. The molecule has 16 heavy (non-hydrogen) atoms. The summed E-state index contributed by atoms with van der Waals surface area (Å²) in [7, 11) is 2.02. The Kier molecular flexibility index (Phi) is 3.69. The monoisotopic (exact) mass is 225 g/mol. The Morgan fingerprint density at radius 3 is 2.69 bits per heavy atom. The molecule has 4 heteroatoms. The van der Waals surface area contributed by atoms with E-state index in [1.807, 2.05) is 11.9 Å². The summed E-state index contributed by atoms with van der Waals surface area (Å²) in [5.41, 5.74) is 0. The highest BCUT2D eigenvalue weighted by Crippen LogP contribution is 2.22. The van der Waals surface area contributed by atoms with Crippen molar-refractivity contribution < 1.29 is 4.79 Å². The second-order valence-electron chi connectivity index (χ2n) is 5.02. The van der Waals surface area contributed by atoms with Crippen LogP contribution in [0.15, 0.2) is 0 Å². The maximum absolute atomic E-state index is 11.9. The van der Waals surface area contributed by atoms with E-state index < -0.39 is 0 Å². The molecule has 0 aromatic heterocycles. The van der Waals surface area contributed by atoms with Gasteiger partial charge in [-0.3, -0.25) is 0 Å². The Morgan fingerprint density at radius 1 is 1.38 bits per heavy atom. The summed E-state index contributed by atoms with van der Waals surface area (Å²) in [5, 5.41) is 6.43. The number of urea groups is 1. The fraction of sp³-hybridized carbons (Fsp3) is 0.917. The Hall–Kier alpha value is -0.770. The number of amides is 2. The Bertz CT molecular complexity index is 253. The lowest BCUT2D eigenvalue weighted by molar-refractivity contribution is 0.144. The molecule has 4 nitrogen and oxygen atoms in total. The van der Waals surface area contributed by atoms with E-state index in [0.29, 0.717) is 18.0 Å². The standard InChI is InChI=1S/C12H23N3O/c1-3-9-8-15(7-6-11(9)13-2)12(16)14-10-4-5-10/h9-11,13H,3-8H2,1-2H3,(H,14,16). The Balaban J connectivity index is 1.84. The molecule has 0 bridgehead atoms. The van der Waals surface area contributed by atoms with Crippen molar-refractivity contribution >= 4 is 6.03 Å². The summed E-state index contributed by atoms with van der Waals surface area (Å²) in [6.45, 7) is 4.00. The number of carbonyl (C=O) groups excluding carboxylic acids is 1. The Morgan fingerprint density at radius 2 is 2.12 bits per heavy atom. The van der Waals surface area contributed by atoms with Gasteiger partial charge in [0.1, 0.15) is 0 Å². The van der Waals surface area contributed by atoms with E-state index in [1.54, 1.807) is 0 Å². The molecule has 0 aromatic rings. The first-order valence-electron chi connectivity index (χ1n) is 6.47. The van der Waals surface area contributed by atoms with Gasteiger partial charge in [0.15, 0.2) is 0 Å². The van der Waals surface area contributed by atoms with Gasteiger partial charge < -0.3 is 15.5 Å². The van der Waals surface area contributed by atoms with Crippen molar-refractivity contribution in [3.8, 4) is 0 Å². The number of nitrogens with one attached hydrogen (secondary N) is 2. The predicted octanol–water partition coefficient (Wildman–Crippen LogP) is 1.18. The van der Waals surface area contributed by atoms with Crippen molar-refractivity contribution in [2.75, 3.05) is 20.1 Å². The summed E-state index contributed by atoms with van der Waals surface area (Å²) in [4.78, 5) is 13.9. The molecular weight excluding hydrogens is 202 g/mol. The third kappa shape index (κ3) is 2.67. The van der Waals surface area contributed by atoms with Crippen LogP contribution in [0.2, 0.25) is 0 Å². The van der Waals surface area contributed by atoms with Crippen LogP contribution >= 0.6 is 0 Å². The molecule has 0 aromatic carbocycles. The van der Waals surface area contributed by atoms with Crippen LogP contribution in [0.5, 0.6) is 0 Å². The topological polar surface area (TPSA) is 44.4 Å². The second kappa shape index (κ2) is 5.04. The minimum absolute atomic E-state index is 0.149. The van der Waals surface area contributed by atoms with Gasteiger partial charge in [-0.2, -0.15) is 0 Å². The molecule has 1 aliphatic heterocycles. The van der Waals surface area contributed by atoms with E-state index in [2.05, 4.69) is 17.6 Å². The molecule has 2 aliphatic rings. The fourth-order valence-corrected chi connectivity index (χ4v) is 2.50. The van der Waals surface area contributed by atoms with Crippen molar-refractivity contribution in [2.24, 2.45) is 5.92 Å². The van der Waals surface area contributed by atoms with Gasteiger partial charge in [-0.15, -0.1) is 0 Å². The number of carbonyl (C=O) groups is 1. The van der Waals surface area contributed by atoms with E-state index >= 15 is 0 Å². The highest BCUT2D eigenvalue weighted by molar-refractivity contribution is 5.75. The molecule has 2 unspecified atom stereocenters. The summed E-state index contributed by atoms with van der Waals surface area (Å²) in [6, 6.07) is 1.19. The lowest BCUT2D eigenvalue weighted by atomic mass is 9.90. The zero-order valence-corrected chi connectivity index (χ0v) is 10.3. The summed E-state index contributed by atoms with van der Waals surface area (Å²) in [6.07, 6.45) is 4.54. The van der Waals surface area contributed by atoms with Crippen molar-refractivity contribution in [1.82, 2.24) is 15.5 Å². The minimum Gasteiger partial charge on any atom is -0.335 e. The van der Waals surface area contributed by atoms with Gasteiger partial charge in [0.25, 0.3) is 0 Å². The first-order chi connectivity index (χ1) is 7.74. The van der Waals surface area contributed by atoms with Crippen LogP contribution in [-0.4, -0.2) is 43.2 Å². The number of likely N-dealkylation sites (tertiary alicyclic amines) is 1. The molecule has 0 spiro atoms. The van der Waals surface area contributed by atoms with Gasteiger partial charge in [-0.25, -0.2) is 4.79 Å². The second-order valence-corrected chi connectivity index (χ2v) is 5.02. The molecule has 92 valence electrons. The highest BCUT2D eigenvalue weighted by atomic mass is 16.2. The van der Waals surface area contributed by atoms with E-state index in [4.69, 9.17) is 0 Å². The molecule has 1 aliphatic carbocycles. The van der Waals surface area contributed by atoms with E-state index in [9.17, 15) is 4.79 Å². The zero-order chi connectivity index (χ0) is 11.5. The van der Waals surface area contributed by atoms with Gasteiger partial charge in [0.2, 0.25) is 0 Å². The van der Waals surface area contributed by atoms with Crippen molar-refractivity contribution in [3.05, 3.63) is 0 Å². The SMILES string of the molecule is CCC1CN(C(=O)NC2CC2)CCC1NC. The molecule has 1 heterocycles. The molecule has 0 radical (unpaired) electrons. The van der Waals surface area contributed by atoms with E-state index in [0.717, 1.165) is 38.8 Å². The molecule has 2 rings (SSSR count). The van der Waals surface area contributed by atoms with Crippen LogP contribution in [-0.2, 0) is 0 Å². The molecule has 2 amide bonds. The first-order valence-corrected chi connectivity index (χ1v) is 6.47. The van der Waals surface area contributed by atoms with Crippen molar-refractivity contribution in [2.45, 2.75) is 44.7 Å². The van der Waals surface area contributed by atoms with Crippen LogP contribution in [0.25, 0.3) is 0 Å². The number of hydrogen-bond donors (Lipinski definition) is 2. The van der Waals surface area contributed by atoms with Crippen LogP contribution < -0.4 is 10.6 Å². The maximum atomic E-state index is 11.9. The van der Waals surface area contributed by atoms with Gasteiger partial charge in [0, 0.05) is 25.2 Å². The predicted molar refractivity (Wildman–Crippen MR) is 64.4 cm³/mol. The fourth-order valence-electron chi connectivity index (χ4n) is 2.50. The number of piperidine rings is 1. The lowest BCUT2D eigenvalue weighted by Gasteiger charge is -2.38. The third-order valence-corrected chi connectivity index (χ3v) is 3.82. The smallest absolute Gasteiger partial charge is 0.317 e. The van der Waals surface area contributed by atoms with Crippen LogP contribution in [0.1, 0.15) is 32.6 Å². The quantitative estimate of drug-likeness (QED) is 0.757. The average molecular weight is 225 g/mol. The number of hydrogen-bond acceptors (Lipinski definition) is 2. The molecular formula is C12H23N3O. The zero-order valence-electron chi connectivity index (χ0n) is 10.3. The van der Waals surface area contributed by atoms with Crippen LogP contribution in [0, 0.1) is 5.92 Å². The van der Waals surface area contributed by atoms with Crippen molar-refractivity contribution in [3.63, 3.8) is 0 Å². The van der Waals surface area contributed by atoms with Crippen LogP contribution in [0.3, 0.4) is 0 Å². The third-order valence-electron chi connectivity index (χ3n) is 3.82. The summed E-state index contributed by atoms with van der Waals surface area (Å²) >= 11 is 0. The maximum Gasteiger partial charge on any atom is 0.317 e. The van der Waals surface area contributed by atoms with Gasteiger partial charge in [0.05, 0.1) is 0 Å². The van der Waals surface area contributed by atoms with Crippen LogP contribution in [0.4, 0.5) is 4.79 Å². The molecule has 2 atom stereocenters. The van der Waals surface area contributed by atoms with Gasteiger partial charge in [-0.05, 0) is 32.2 Å². The van der Waals surface area contributed by atoms with E-state index in [-0.39, 0.29) is 6.03 Å². The first kappa shape index (κ1) is 11.7.